The molecular formula is C31H45N9O4. The number of aromatic nitrogens is 6. The lowest BCUT2D eigenvalue weighted by atomic mass is 9.85. The molecule has 5 heterocycles. The molecule has 13 heteroatoms. The molecule has 0 unspecified atom stereocenters. The Bertz CT molecular complexity index is 1520. The number of ether oxygens (including phenoxy) is 1. The molecule has 2 aliphatic heterocycles. The van der Waals surface area contributed by atoms with Gasteiger partial charge in [0, 0.05) is 68.7 Å². The number of anilines is 1. The summed E-state index contributed by atoms with van der Waals surface area (Å²) in [5.74, 6) is -0.138. The zero-order chi connectivity index (χ0) is 31.2. The second kappa shape index (κ2) is 12.1. The fourth-order valence-electron chi connectivity index (χ4n) is 6.52. The number of rotatable bonds is 9. The number of hydrogen-bond acceptors (Lipinski definition) is 9. The van der Waals surface area contributed by atoms with Gasteiger partial charge in [0.05, 0.1) is 29.1 Å². The average Bonchev–Trinajstić information content (AvgIpc) is 3.38. The summed E-state index contributed by atoms with van der Waals surface area (Å²) in [6.45, 7) is 12.3. The van der Waals surface area contributed by atoms with Crippen molar-refractivity contribution in [3.8, 4) is 0 Å². The Morgan fingerprint density at radius 3 is 2.61 bits per heavy atom. The summed E-state index contributed by atoms with van der Waals surface area (Å²) in [7, 11) is 0. The Kier molecular flexibility index (Phi) is 8.35. The normalized spacial score (nSPS) is 22.0. The summed E-state index contributed by atoms with van der Waals surface area (Å²) < 4.78 is 9.08. The number of amides is 2. The van der Waals surface area contributed by atoms with Crippen LogP contribution in [0.2, 0.25) is 0 Å². The minimum Gasteiger partial charge on any atom is -0.391 e. The maximum absolute atomic E-state index is 14.1. The highest BCUT2D eigenvalue weighted by Gasteiger charge is 2.45. The maximum atomic E-state index is 14.1. The number of hydrogen-bond donors (Lipinski definition) is 3. The zero-order valence-corrected chi connectivity index (χ0v) is 26.4. The highest BCUT2D eigenvalue weighted by Crippen LogP contribution is 2.40. The molecule has 0 radical (unpaired) electrons. The monoisotopic (exact) mass is 607 g/mol. The summed E-state index contributed by atoms with van der Waals surface area (Å²) in [5, 5.41) is 31.6. The third-order valence-corrected chi connectivity index (χ3v) is 9.11. The van der Waals surface area contributed by atoms with Gasteiger partial charge in [-0.3, -0.25) is 9.59 Å². The van der Waals surface area contributed by atoms with Crippen molar-refractivity contribution in [2.24, 2.45) is 5.41 Å². The van der Waals surface area contributed by atoms with Crippen molar-refractivity contribution in [2.45, 2.75) is 110 Å². The summed E-state index contributed by atoms with van der Waals surface area (Å²) in [4.78, 5) is 34.3. The highest BCUT2D eigenvalue weighted by atomic mass is 16.5. The third-order valence-electron chi connectivity index (χ3n) is 9.11. The van der Waals surface area contributed by atoms with Gasteiger partial charge in [0.15, 0.2) is 5.65 Å². The number of aliphatic hydroxyl groups excluding tert-OH is 1. The number of carbonyl (C=O) groups excluding carboxylic acids is 2. The SMILES string of the molecule is CCn1ncc2c(NC3CCOCC3)c(CNC(=O)[C@@H]3C[C@@H](O)CN3C(=O)[C@@H](n3cc(C4CC4)nn3)C(C)(C)C)c(C)nc21. The second-order valence-corrected chi connectivity index (χ2v) is 13.6. The fraction of sp³-hybridized carbons (Fsp3) is 0.677. The number of carbonyl (C=O) groups is 2. The fourth-order valence-corrected chi connectivity index (χ4v) is 6.52. The van der Waals surface area contributed by atoms with Crippen molar-refractivity contribution in [1.29, 1.82) is 0 Å². The quantitative estimate of drug-likeness (QED) is 0.333. The Morgan fingerprint density at radius 1 is 1.18 bits per heavy atom. The molecule has 1 aliphatic carbocycles. The molecular weight excluding hydrogens is 562 g/mol. The molecule has 3 aromatic rings. The number of β-amino-alcohol motifs (C(OH)–C–C–N with tert-alkyl or cyclic N) is 1. The van der Waals surface area contributed by atoms with E-state index < -0.39 is 23.6 Å². The molecule has 238 valence electrons. The van der Waals surface area contributed by atoms with Crippen LogP contribution in [0.3, 0.4) is 0 Å². The number of aryl methyl sites for hydroxylation is 2. The van der Waals surface area contributed by atoms with Crippen LogP contribution in [0.15, 0.2) is 12.4 Å². The van der Waals surface area contributed by atoms with E-state index in [4.69, 9.17) is 9.72 Å². The molecule has 3 fully saturated rings. The van der Waals surface area contributed by atoms with Gasteiger partial charge in [-0.25, -0.2) is 14.3 Å². The van der Waals surface area contributed by atoms with Crippen LogP contribution in [-0.2, 0) is 27.4 Å². The minimum atomic E-state index is -0.805. The van der Waals surface area contributed by atoms with Gasteiger partial charge in [-0.2, -0.15) is 5.10 Å². The van der Waals surface area contributed by atoms with Gasteiger partial charge in [0.25, 0.3) is 0 Å². The van der Waals surface area contributed by atoms with Crippen molar-refractivity contribution in [1.82, 2.24) is 40.0 Å². The van der Waals surface area contributed by atoms with Gasteiger partial charge in [0.2, 0.25) is 11.8 Å². The Morgan fingerprint density at radius 2 is 1.93 bits per heavy atom. The van der Waals surface area contributed by atoms with E-state index in [1.54, 1.807) is 4.68 Å². The predicted octanol–water partition coefficient (Wildman–Crippen LogP) is 2.68. The number of nitrogens with zero attached hydrogens (tertiary/aromatic N) is 7. The first-order valence-corrected chi connectivity index (χ1v) is 15.9. The molecule has 6 rings (SSSR count). The van der Waals surface area contributed by atoms with E-state index in [9.17, 15) is 14.7 Å². The van der Waals surface area contributed by atoms with Crippen molar-refractivity contribution in [3.05, 3.63) is 29.3 Å². The third kappa shape index (κ3) is 6.03. The molecule has 0 spiro atoms. The van der Waals surface area contributed by atoms with Crippen molar-refractivity contribution >= 4 is 28.5 Å². The lowest BCUT2D eigenvalue weighted by molar-refractivity contribution is -0.144. The van der Waals surface area contributed by atoms with E-state index in [-0.39, 0.29) is 37.4 Å². The summed E-state index contributed by atoms with van der Waals surface area (Å²) in [6, 6.07) is -1.24. The molecule has 13 nitrogen and oxygen atoms in total. The molecule has 3 aliphatic rings. The highest BCUT2D eigenvalue weighted by molar-refractivity contribution is 5.93. The number of pyridine rings is 1. The Hall–Kier alpha value is -3.58. The maximum Gasteiger partial charge on any atom is 0.248 e. The number of likely N-dealkylation sites (tertiary alicyclic amines) is 1. The van der Waals surface area contributed by atoms with E-state index in [0.29, 0.717) is 25.7 Å². The molecule has 3 N–H and O–H groups in total. The molecule has 3 atom stereocenters. The van der Waals surface area contributed by atoms with Gasteiger partial charge in [-0.05, 0) is 44.9 Å². The molecule has 0 bridgehead atoms. The van der Waals surface area contributed by atoms with Crippen LogP contribution in [-0.4, -0.2) is 89.5 Å². The largest absolute Gasteiger partial charge is 0.391 e. The lowest BCUT2D eigenvalue weighted by Gasteiger charge is -2.34. The minimum absolute atomic E-state index is 0.0903. The molecule has 3 aromatic heterocycles. The van der Waals surface area contributed by atoms with Gasteiger partial charge >= 0.3 is 0 Å². The summed E-state index contributed by atoms with van der Waals surface area (Å²) in [6.07, 6.45) is 7.02. The van der Waals surface area contributed by atoms with Gasteiger partial charge < -0.3 is 25.4 Å². The number of nitrogens with one attached hydrogen (secondary N) is 2. The Labute approximate surface area is 257 Å². The first kappa shape index (κ1) is 30.4. The number of aliphatic hydroxyl groups is 1. The predicted molar refractivity (Wildman–Crippen MR) is 164 cm³/mol. The second-order valence-electron chi connectivity index (χ2n) is 13.6. The zero-order valence-electron chi connectivity index (χ0n) is 26.4. The van der Waals surface area contributed by atoms with Crippen LogP contribution in [0.5, 0.6) is 0 Å². The van der Waals surface area contributed by atoms with Gasteiger partial charge in [-0.15, -0.1) is 5.10 Å². The topological polar surface area (TPSA) is 152 Å². The molecule has 0 aromatic carbocycles. The van der Waals surface area contributed by atoms with E-state index in [1.807, 2.05) is 51.7 Å². The van der Waals surface area contributed by atoms with Crippen molar-refractivity contribution in [2.75, 3.05) is 25.1 Å². The average molecular weight is 608 g/mol. The number of fused-ring (bicyclic) bond motifs is 1. The van der Waals surface area contributed by atoms with Crippen LogP contribution < -0.4 is 10.6 Å². The van der Waals surface area contributed by atoms with Crippen LogP contribution in [0.1, 0.15) is 88.7 Å². The smallest absolute Gasteiger partial charge is 0.248 e. The standard InChI is InChI=1S/C31H45N9O4/c1-6-39-28-23(15-33-39)26(35-20-9-11-44-12-10-20)22(18(2)34-28)14-32-29(42)25-13-21(41)16-38(25)30(43)27(31(3,4)5)40-17-24(36-37-40)19-7-8-19/h15,17,19-21,25,27,41H,6-14,16H2,1-5H3,(H,32,42)(H,34,35)/t21-,25+,27-/m1/s1. The molecule has 1 saturated carbocycles. The Balaban J connectivity index is 1.24. The van der Waals surface area contributed by atoms with Gasteiger partial charge in [0.1, 0.15) is 12.1 Å². The molecule has 2 saturated heterocycles. The van der Waals surface area contributed by atoms with Crippen molar-refractivity contribution < 1.29 is 19.4 Å². The van der Waals surface area contributed by atoms with Crippen LogP contribution >= 0.6 is 0 Å². The first-order chi connectivity index (χ1) is 21.0. The first-order valence-electron chi connectivity index (χ1n) is 15.9. The van der Waals surface area contributed by atoms with E-state index in [1.165, 1.54) is 4.90 Å². The summed E-state index contributed by atoms with van der Waals surface area (Å²) >= 11 is 0. The molecule has 2 amide bonds. The molecule has 44 heavy (non-hydrogen) atoms. The van der Waals surface area contributed by atoms with Crippen LogP contribution in [0, 0.1) is 12.3 Å². The van der Waals surface area contributed by atoms with Crippen LogP contribution in [0.25, 0.3) is 11.0 Å². The van der Waals surface area contributed by atoms with Crippen molar-refractivity contribution in [3.63, 3.8) is 0 Å². The van der Waals surface area contributed by atoms with E-state index >= 15 is 0 Å². The van der Waals surface area contributed by atoms with Gasteiger partial charge in [-0.1, -0.05) is 26.0 Å². The van der Waals surface area contributed by atoms with E-state index in [2.05, 4.69) is 26.0 Å². The van der Waals surface area contributed by atoms with E-state index in [0.717, 1.165) is 59.4 Å². The van der Waals surface area contributed by atoms with Crippen LogP contribution in [0.4, 0.5) is 5.69 Å². The lowest BCUT2D eigenvalue weighted by Crippen LogP contribution is -2.50. The summed E-state index contributed by atoms with van der Waals surface area (Å²) in [5.41, 5.74) is 3.81.